The van der Waals surface area contributed by atoms with E-state index in [9.17, 15) is 0 Å². The lowest BCUT2D eigenvalue weighted by atomic mass is 9.49. The first-order chi connectivity index (χ1) is 11.5. The van der Waals surface area contributed by atoms with Gasteiger partial charge in [0.1, 0.15) is 0 Å². The van der Waals surface area contributed by atoms with Gasteiger partial charge in [-0.3, -0.25) is 0 Å². The summed E-state index contributed by atoms with van der Waals surface area (Å²) in [4.78, 5) is 0. The molecule has 0 bridgehead atoms. The topological polar surface area (TPSA) is 0 Å². The van der Waals surface area contributed by atoms with Crippen LogP contribution in [0.4, 0.5) is 0 Å². The summed E-state index contributed by atoms with van der Waals surface area (Å²) >= 11 is 0. The molecule has 0 heteroatoms. The van der Waals surface area contributed by atoms with Gasteiger partial charge in [0.15, 0.2) is 0 Å². The summed E-state index contributed by atoms with van der Waals surface area (Å²) in [6.07, 6.45) is 19.5. The molecule has 4 rings (SSSR count). The van der Waals surface area contributed by atoms with Crippen molar-refractivity contribution in [3.05, 3.63) is 23.3 Å². The van der Waals surface area contributed by atoms with Gasteiger partial charge in [0.2, 0.25) is 0 Å². The van der Waals surface area contributed by atoms with Crippen molar-refractivity contribution in [3.63, 3.8) is 0 Å². The fourth-order valence-electron chi connectivity index (χ4n) is 6.77. The highest BCUT2D eigenvalue weighted by Gasteiger charge is 2.54. The second-order valence-electron chi connectivity index (χ2n) is 9.46. The van der Waals surface area contributed by atoms with E-state index in [1.165, 1.54) is 64.2 Å². The third-order valence-electron chi connectivity index (χ3n) is 8.07. The van der Waals surface area contributed by atoms with Crippen molar-refractivity contribution in [1.29, 1.82) is 0 Å². The molecular formula is C24H40. The summed E-state index contributed by atoms with van der Waals surface area (Å²) in [6.45, 7) is 11.8. The number of rotatable bonds is 1. The molecule has 0 N–H and O–H groups in total. The average molecular weight is 329 g/mol. The first-order valence-corrected chi connectivity index (χ1v) is 10.9. The van der Waals surface area contributed by atoms with Crippen LogP contribution in [0.2, 0.25) is 0 Å². The Bertz CT molecular complexity index is 510. The van der Waals surface area contributed by atoms with E-state index >= 15 is 0 Å². The predicted molar refractivity (Wildman–Crippen MR) is 106 cm³/mol. The van der Waals surface area contributed by atoms with Gasteiger partial charge >= 0.3 is 0 Å². The molecule has 2 fully saturated rings. The molecule has 0 aromatic rings. The van der Waals surface area contributed by atoms with E-state index in [1.807, 2.05) is 5.57 Å². The summed E-state index contributed by atoms with van der Waals surface area (Å²) in [5.74, 6) is 2.83. The minimum Gasteiger partial charge on any atom is -0.0844 e. The number of fused-ring (bicyclic) bond motifs is 5. The SMILES string of the molecule is CCC.CCC1=CCC2C3CCC4CCCCC4(C)C3=CCC12C. The highest BCUT2D eigenvalue weighted by molar-refractivity contribution is 5.34. The smallest absolute Gasteiger partial charge is 0.00450 e. The van der Waals surface area contributed by atoms with Gasteiger partial charge in [-0.25, -0.2) is 0 Å². The highest BCUT2D eigenvalue weighted by Crippen LogP contribution is 2.64. The number of hydrogen-bond acceptors (Lipinski definition) is 0. The summed E-state index contributed by atoms with van der Waals surface area (Å²) in [5.41, 5.74) is 4.74. The highest BCUT2D eigenvalue weighted by atomic mass is 14.6. The fraction of sp³-hybridized carbons (Fsp3) is 0.833. The van der Waals surface area contributed by atoms with E-state index in [2.05, 4.69) is 46.8 Å². The van der Waals surface area contributed by atoms with Crippen molar-refractivity contribution in [1.82, 2.24) is 0 Å². The van der Waals surface area contributed by atoms with Gasteiger partial charge in [-0.05, 0) is 73.5 Å². The van der Waals surface area contributed by atoms with Crippen LogP contribution in [0.25, 0.3) is 0 Å². The first-order valence-electron chi connectivity index (χ1n) is 10.9. The molecule has 0 amide bonds. The van der Waals surface area contributed by atoms with Crippen molar-refractivity contribution in [2.75, 3.05) is 0 Å². The molecular weight excluding hydrogens is 288 g/mol. The quantitative estimate of drug-likeness (QED) is 0.432. The zero-order valence-corrected chi connectivity index (χ0v) is 17.0. The van der Waals surface area contributed by atoms with E-state index < -0.39 is 0 Å². The van der Waals surface area contributed by atoms with Crippen molar-refractivity contribution >= 4 is 0 Å². The summed E-state index contributed by atoms with van der Waals surface area (Å²) < 4.78 is 0. The van der Waals surface area contributed by atoms with E-state index in [4.69, 9.17) is 0 Å². The molecule has 2 saturated carbocycles. The minimum absolute atomic E-state index is 0.501. The average Bonchev–Trinajstić information content (AvgIpc) is 2.91. The standard InChI is InChI=1S/C21H32.C3H8/c1-4-15-9-11-18-17-10-8-16-7-5-6-13-20(16,2)19(17)12-14-21(15,18)3;1-3-2/h9,12,16-18H,4-8,10-11,13-14H2,1-3H3;3H2,1-2H3. The van der Waals surface area contributed by atoms with Crippen LogP contribution >= 0.6 is 0 Å². The van der Waals surface area contributed by atoms with Crippen molar-refractivity contribution in [2.45, 2.75) is 98.8 Å². The number of hydrogen-bond donors (Lipinski definition) is 0. The normalized spacial score (nSPS) is 43.5. The molecule has 0 aromatic heterocycles. The molecule has 0 aromatic carbocycles. The molecule has 136 valence electrons. The van der Waals surface area contributed by atoms with Crippen LogP contribution in [-0.4, -0.2) is 0 Å². The Hall–Kier alpha value is -0.520. The van der Waals surface area contributed by atoms with Crippen LogP contribution in [0.5, 0.6) is 0 Å². The van der Waals surface area contributed by atoms with Crippen LogP contribution in [0.3, 0.4) is 0 Å². The van der Waals surface area contributed by atoms with Crippen LogP contribution in [0, 0.1) is 28.6 Å². The maximum atomic E-state index is 2.73. The van der Waals surface area contributed by atoms with Gasteiger partial charge in [-0.2, -0.15) is 0 Å². The zero-order valence-electron chi connectivity index (χ0n) is 17.0. The predicted octanol–water partition coefficient (Wildman–Crippen LogP) is 7.70. The molecule has 0 aliphatic heterocycles. The van der Waals surface area contributed by atoms with E-state index in [1.54, 1.807) is 5.57 Å². The van der Waals surface area contributed by atoms with Gasteiger partial charge in [0.05, 0.1) is 0 Å². The lowest BCUT2D eigenvalue weighted by Gasteiger charge is -2.56. The van der Waals surface area contributed by atoms with Crippen molar-refractivity contribution in [2.24, 2.45) is 28.6 Å². The van der Waals surface area contributed by atoms with Crippen molar-refractivity contribution in [3.8, 4) is 0 Å². The van der Waals surface area contributed by atoms with Gasteiger partial charge < -0.3 is 0 Å². The van der Waals surface area contributed by atoms with Gasteiger partial charge in [-0.1, -0.05) is 77.2 Å². The Morgan fingerprint density at radius 3 is 2.42 bits per heavy atom. The second kappa shape index (κ2) is 7.00. The molecule has 0 spiro atoms. The van der Waals surface area contributed by atoms with Crippen LogP contribution in [-0.2, 0) is 0 Å². The van der Waals surface area contributed by atoms with Gasteiger partial charge in [0, 0.05) is 0 Å². The molecule has 4 aliphatic carbocycles. The summed E-state index contributed by atoms with van der Waals surface area (Å²) in [7, 11) is 0. The lowest BCUT2D eigenvalue weighted by Crippen LogP contribution is -2.46. The van der Waals surface area contributed by atoms with E-state index in [0.29, 0.717) is 10.8 Å². The molecule has 5 atom stereocenters. The maximum Gasteiger partial charge on any atom is -0.00450 e. The maximum absolute atomic E-state index is 2.73. The third-order valence-corrected chi connectivity index (χ3v) is 8.07. The minimum atomic E-state index is 0.501. The Morgan fingerprint density at radius 1 is 0.958 bits per heavy atom. The van der Waals surface area contributed by atoms with E-state index in [-0.39, 0.29) is 0 Å². The van der Waals surface area contributed by atoms with Gasteiger partial charge in [0.25, 0.3) is 0 Å². The lowest BCUT2D eigenvalue weighted by molar-refractivity contribution is 0.0486. The Balaban J connectivity index is 0.000000526. The molecule has 24 heavy (non-hydrogen) atoms. The summed E-state index contributed by atoms with van der Waals surface area (Å²) in [6, 6.07) is 0. The largest absolute Gasteiger partial charge is 0.0844 e. The Labute approximate surface area is 151 Å². The second-order valence-corrected chi connectivity index (χ2v) is 9.46. The van der Waals surface area contributed by atoms with Crippen LogP contribution in [0.15, 0.2) is 23.3 Å². The monoisotopic (exact) mass is 328 g/mol. The molecule has 0 nitrogen and oxygen atoms in total. The molecule has 0 heterocycles. The summed E-state index contributed by atoms with van der Waals surface area (Å²) in [5, 5.41) is 0. The number of allylic oxidation sites excluding steroid dienone is 4. The molecule has 5 unspecified atom stereocenters. The molecule has 0 saturated heterocycles. The Morgan fingerprint density at radius 2 is 1.71 bits per heavy atom. The molecule has 0 radical (unpaired) electrons. The van der Waals surface area contributed by atoms with Gasteiger partial charge in [-0.15, -0.1) is 0 Å². The zero-order chi connectivity index (χ0) is 17.4. The van der Waals surface area contributed by atoms with E-state index in [0.717, 1.165) is 17.8 Å². The third kappa shape index (κ3) is 2.73. The van der Waals surface area contributed by atoms with Crippen LogP contribution in [0.1, 0.15) is 98.8 Å². The Kier molecular flexibility index (Phi) is 5.33. The fourth-order valence-corrected chi connectivity index (χ4v) is 6.77. The van der Waals surface area contributed by atoms with Crippen LogP contribution < -0.4 is 0 Å². The van der Waals surface area contributed by atoms with Crippen molar-refractivity contribution < 1.29 is 0 Å². The first kappa shape index (κ1) is 18.3. The molecule has 4 aliphatic rings.